The van der Waals surface area contributed by atoms with Gasteiger partial charge in [-0.15, -0.1) is 0 Å². The van der Waals surface area contributed by atoms with E-state index in [9.17, 15) is 40.2 Å². The average molecular weight is 666 g/mol. The molecule has 4 heterocycles. The van der Waals surface area contributed by atoms with Gasteiger partial charge in [0.2, 0.25) is 0 Å². The highest BCUT2D eigenvalue weighted by atomic mass is 16.7. The maximum atomic E-state index is 12.3. The number of hydrogen-bond acceptors (Lipinski definition) is 13. The number of aliphatic carboxylic acids is 1. The van der Waals surface area contributed by atoms with Gasteiger partial charge < -0.3 is 60.1 Å². The minimum Gasteiger partial charge on any atom is -0.481 e. The number of hydrogen-bond donors (Lipinski definition) is 7. The molecule has 0 spiro atoms. The standard InChI is InChI=1S/C33H47NO13/c1-18-10-8-6-4-3-5-7-9-11-21(45-32-30(39)28(34)29(38)19(2)44-32)15-25-27(31(40)41)22(36)17-33(42,47-25)16-20(35)14-24-23(46-24)12-13-26(37)43-18/h3-9,11-13,18-25,27-30,32,35-36,38-39,42H,10,14-17,34H2,1-2H3,(H,40,41)/b4-3-,7-5+,8-6+,11-9+,13-12+/t18-,19-,20+,21+,22+,23-,24-,25+,27-,28+,29-,30+,32+,33?/m1/s1. The first-order chi connectivity index (χ1) is 22.3. The number of ether oxygens (including phenoxy) is 5. The average Bonchev–Trinajstić information content (AvgIpc) is 3.72. The fraction of sp³-hybridized carbons (Fsp3) is 0.636. The van der Waals surface area contributed by atoms with Crippen LogP contribution in [0.3, 0.4) is 0 Å². The Morgan fingerprint density at radius 1 is 0.936 bits per heavy atom. The second kappa shape index (κ2) is 16.6. The van der Waals surface area contributed by atoms with E-state index >= 15 is 0 Å². The lowest BCUT2D eigenvalue weighted by molar-refractivity contribution is -0.308. The Labute approximate surface area is 273 Å². The van der Waals surface area contributed by atoms with Crippen molar-refractivity contribution in [2.75, 3.05) is 0 Å². The van der Waals surface area contributed by atoms with Gasteiger partial charge in [-0.1, -0.05) is 48.6 Å². The molecule has 3 saturated heterocycles. The van der Waals surface area contributed by atoms with Crippen LogP contribution in [-0.4, -0.2) is 122 Å². The van der Waals surface area contributed by atoms with Crippen LogP contribution < -0.4 is 5.73 Å². The van der Waals surface area contributed by atoms with Crippen LogP contribution >= 0.6 is 0 Å². The summed E-state index contributed by atoms with van der Waals surface area (Å²) in [6.45, 7) is 3.34. The molecule has 2 bridgehead atoms. The molecule has 0 aliphatic carbocycles. The molecule has 4 aliphatic rings. The van der Waals surface area contributed by atoms with E-state index in [-0.39, 0.29) is 25.4 Å². The van der Waals surface area contributed by atoms with Crippen molar-refractivity contribution in [1.29, 1.82) is 0 Å². The lowest BCUT2D eigenvalue weighted by Crippen LogP contribution is -2.61. The predicted octanol–water partition coefficient (Wildman–Crippen LogP) is 0.120. The summed E-state index contributed by atoms with van der Waals surface area (Å²) in [7, 11) is 0. The molecule has 14 nitrogen and oxygen atoms in total. The summed E-state index contributed by atoms with van der Waals surface area (Å²) in [5, 5.41) is 63.9. The summed E-state index contributed by atoms with van der Waals surface area (Å²) in [6, 6.07) is -1.08. The number of fused-ring (bicyclic) bond motifs is 3. The Morgan fingerprint density at radius 2 is 1.64 bits per heavy atom. The lowest BCUT2D eigenvalue weighted by atomic mass is 9.83. The molecule has 0 radical (unpaired) electrons. The van der Waals surface area contributed by atoms with Crippen LogP contribution in [0.5, 0.6) is 0 Å². The largest absolute Gasteiger partial charge is 0.481 e. The van der Waals surface area contributed by atoms with Gasteiger partial charge in [-0.2, -0.15) is 0 Å². The summed E-state index contributed by atoms with van der Waals surface area (Å²) in [4.78, 5) is 24.4. The number of rotatable bonds is 3. The van der Waals surface area contributed by atoms with E-state index in [1.807, 2.05) is 6.08 Å². The number of epoxide rings is 1. The summed E-state index contributed by atoms with van der Waals surface area (Å²) in [6.07, 6.45) is 5.25. The molecule has 0 saturated carbocycles. The Kier molecular flexibility index (Phi) is 13.1. The fourth-order valence-corrected chi connectivity index (χ4v) is 6.00. The minimum atomic E-state index is -2.10. The van der Waals surface area contributed by atoms with E-state index in [2.05, 4.69) is 0 Å². The number of esters is 1. The fourth-order valence-electron chi connectivity index (χ4n) is 6.00. The number of carboxylic acids is 1. The third-order valence-electron chi connectivity index (χ3n) is 8.58. The third kappa shape index (κ3) is 10.6. The summed E-state index contributed by atoms with van der Waals surface area (Å²) < 4.78 is 28.5. The summed E-state index contributed by atoms with van der Waals surface area (Å²) in [5.74, 6) is -5.45. The monoisotopic (exact) mass is 665 g/mol. The topological polar surface area (TPSA) is 231 Å². The van der Waals surface area contributed by atoms with Crippen molar-refractivity contribution in [3.63, 3.8) is 0 Å². The molecule has 4 rings (SSSR count). The predicted molar refractivity (Wildman–Crippen MR) is 165 cm³/mol. The number of aliphatic hydroxyl groups is 5. The molecular formula is C33H47NO13. The van der Waals surface area contributed by atoms with Crippen molar-refractivity contribution in [2.24, 2.45) is 11.7 Å². The quantitative estimate of drug-likeness (QED) is 0.157. The molecule has 0 amide bonds. The van der Waals surface area contributed by atoms with Crippen molar-refractivity contribution in [3.8, 4) is 0 Å². The van der Waals surface area contributed by atoms with Gasteiger partial charge >= 0.3 is 11.9 Å². The number of aliphatic hydroxyl groups excluding tert-OH is 4. The van der Waals surface area contributed by atoms with Gasteiger partial charge in [-0.05, 0) is 19.9 Å². The van der Waals surface area contributed by atoms with E-state index in [0.29, 0.717) is 6.42 Å². The molecule has 0 aromatic rings. The number of carbonyl (C=O) groups is 2. The highest BCUT2D eigenvalue weighted by molar-refractivity contribution is 5.82. The van der Waals surface area contributed by atoms with E-state index in [1.165, 1.54) is 12.2 Å². The van der Waals surface area contributed by atoms with Gasteiger partial charge in [0.05, 0.1) is 48.8 Å². The zero-order valence-electron chi connectivity index (χ0n) is 26.4. The van der Waals surface area contributed by atoms with Crippen molar-refractivity contribution < 1.29 is 63.9 Å². The molecule has 14 atom stereocenters. The molecular weight excluding hydrogens is 618 g/mol. The number of nitrogens with two attached hydrogens (primary N) is 1. The first-order valence-electron chi connectivity index (χ1n) is 15.9. The van der Waals surface area contributed by atoms with Gasteiger partial charge in [-0.25, -0.2) is 4.79 Å². The first-order valence-corrected chi connectivity index (χ1v) is 15.9. The lowest BCUT2D eigenvalue weighted by Gasteiger charge is -2.45. The van der Waals surface area contributed by atoms with Gasteiger partial charge in [0, 0.05) is 38.2 Å². The van der Waals surface area contributed by atoms with Crippen LogP contribution in [0, 0.1) is 5.92 Å². The van der Waals surface area contributed by atoms with Gasteiger partial charge in [0.1, 0.15) is 24.2 Å². The second-order valence-corrected chi connectivity index (χ2v) is 12.6. The minimum absolute atomic E-state index is 0.0789. The van der Waals surface area contributed by atoms with Gasteiger partial charge in [-0.3, -0.25) is 4.79 Å². The second-order valence-electron chi connectivity index (χ2n) is 12.6. The van der Waals surface area contributed by atoms with Crippen molar-refractivity contribution in [2.45, 2.75) is 125 Å². The van der Waals surface area contributed by atoms with Crippen LogP contribution in [0.4, 0.5) is 0 Å². The number of carbonyl (C=O) groups excluding carboxylic acids is 1. The molecule has 0 aromatic heterocycles. The summed E-state index contributed by atoms with van der Waals surface area (Å²) >= 11 is 0. The van der Waals surface area contributed by atoms with Crippen LogP contribution in [0.1, 0.15) is 46.0 Å². The van der Waals surface area contributed by atoms with Crippen molar-refractivity contribution in [3.05, 3.63) is 60.8 Å². The molecule has 262 valence electrons. The molecule has 0 aromatic carbocycles. The molecule has 14 heteroatoms. The Balaban J connectivity index is 1.58. The highest BCUT2D eigenvalue weighted by Crippen LogP contribution is 2.39. The SMILES string of the molecule is C[C@@H]1C/C=C/C=C\C=C\C=C\[C@H](O[C@@H]2O[C@H](C)[C@@H](O)[C@H](N)[C@@H]2O)C[C@@H]2OC(O)(C[C@@H](O)C[C@H]3O[C@@H]3/C=C/C(=O)O1)C[C@H](O)[C@H]2C(=O)O. The van der Waals surface area contributed by atoms with Crippen LogP contribution in [0.25, 0.3) is 0 Å². The van der Waals surface area contributed by atoms with E-state index in [1.54, 1.807) is 56.4 Å². The Morgan fingerprint density at radius 3 is 2.36 bits per heavy atom. The van der Waals surface area contributed by atoms with E-state index in [4.69, 9.17) is 29.4 Å². The van der Waals surface area contributed by atoms with E-state index < -0.39 is 97.3 Å². The van der Waals surface area contributed by atoms with Gasteiger partial charge in [0.15, 0.2) is 12.1 Å². The summed E-state index contributed by atoms with van der Waals surface area (Å²) in [5.41, 5.74) is 5.98. The van der Waals surface area contributed by atoms with Crippen molar-refractivity contribution >= 4 is 11.9 Å². The van der Waals surface area contributed by atoms with Crippen molar-refractivity contribution in [1.82, 2.24) is 0 Å². The maximum Gasteiger partial charge on any atom is 0.330 e. The van der Waals surface area contributed by atoms with Crippen LogP contribution in [0.2, 0.25) is 0 Å². The molecule has 4 aliphatic heterocycles. The molecule has 1 unspecified atom stereocenters. The molecule has 3 fully saturated rings. The smallest absolute Gasteiger partial charge is 0.330 e. The maximum absolute atomic E-state index is 12.3. The molecule has 8 N–H and O–H groups in total. The van der Waals surface area contributed by atoms with Gasteiger partial charge in [0.25, 0.3) is 0 Å². The zero-order chi connectivity index (χ0) is 34.3. The number of cyclic esters (lactones) is 1. The molecule has 47 heavy (non-hydrogen) atoms. The highest BCUT2D eigenvalue weighted by Gasteiger charge is 2.51. The third-order valence-corrected chi connectivity index (χ3v) is 8.58. The Hall–Kier alpha value is -2.76. The van der Waals surface area contributed by atoms with E-state index in [0.717, 1.165) is 0 Å². The Bertz CT molecular complexity index is 1220. The number of carboxylic acid groups (broad SMARTS) is 1. The van der Waals surface area contributed by atoms with Crippen LogP contribution in [-0.2, 0) is 33.3 Å². The zero-order valence-corrected chi connectivity index (χ0v) is 26.4. The normalized spacial score (nSPS) is 47.2. The number of allylic oxidation sites excluding steroid dienone is 6. The van der Waals surface area contributed by atoms with Crippen LogP contribution in [0.15, 0.2) is 60.8 Å². The first kappa shape index (κ1) is 37.1.